The lowest BCUT2D eigenvalue weighted by molar-refractivity contribution is -0.244. The number of methoxy groups -OCH3 is 1. The third kappa shape index (κ3) is 8.51. The van der Waals surface area contributed by atoms with Crippen molar-refractivity contribution in [3.05, 3.63) is 36.4 Å². The largest absolute Gasteiger partial charge is 0.479 e. The molecule has 56 heavy (non-hydrogen) atoms. The first-order valence-corrected chi connectivity index (χ1v) is 20.2. The second-order valence-corrected chi connectivity index (χ2v) is 17.8. The first kappa shape index (κ1) is 41.0. The Labute approximate surface area is 326 Å². The molecule has 3 heterocycles. The molecule has 1 aromatic heterocycles. The third-order valence-electron chi connectivity index (χ3n) is 11.0. The number of carbonyl (C=O) groups excluding carboxylic acids is 4. The van der Waals surface area contributed by atoms with E-state index >= 15 is 0 Å². The molecule has 2 saturated carbocycles. The van der Waals surface area contributed by atoms with Gasteiger partial charge in [0.25, 0.3) is 5.91 Å². The molecular weight excluding hydrogens is 762 g/mol. The lowest BCUT2D eigenvalue weighted by Crippen LogP contribution is -2.59. The van der Waals surface area contributed by atoms with Gasteiger partial charge in [0.2, 0.25) is 39.2 Å². The van der Waals surface area contributed by atoms with Gasteiger partial charge in [0, 0.05) is 16.6 Å². The van der Waals surface area contributed by atoms with E-state index < -0.39 is 86.4 Å². The average molecular weight is 815 g/mol. The fourth-order valence-corrected chi connectivity index (χ4v) is 8.76. The van der Waals surface area contributed by atoms with E-state index in [2.05, 4.69) is 25.6 Å². The summed E-state index contributed by atoms with van der Waals surface area (Å²) < 4.78 is 85.3. The van der Waals surface area contributed by atoms with Crippen LogP contribution in [0.2, 0.25) is 0 Å². The molecule has 0 radical (unpaired) electrons. The number of nitrogens with zero attached hydrogens (tertiary/aromatic N) is 3. The lowest BCUT2D eigenvalue weighted by atomic mass is 9.88. The van der Waals surface area contributed by atoms with Crippen molar-refractivity contribution in [2.24, 2.45) is 17.8 Å². The SMILES string of the molecule is COc1nnc(O[C@@H]2C[C@H]3C(=O)N[C@]4(C(=O)NS(=O)(=O)C5CC5)C[C@H]4/C=C\CC[C@H](C)C[C@@H](C)[C@H](NC(=O)OC(C)(C)C(F)(F)F)C(=O)N3C2)c2ccccc12.[HH].[HH].[HH]. The van der Waals surface area contributed by atoms with Gasteiger partial charge in [-0.15, -0.1) is 10.2 Å². The molecule has 0 unspecified atom stereocenters. The number of alkyl halides is 3. The van der Waals surface area contributed by atoms with E-state index in [0.29, 0.717) is 56.7 Å². The van der Waals surface area contributed by atoms with E-state index in [1.165, 1.54) is 12.0 Å². The van der Waals surface area contributed by atoms with Crippen molar-refractivity contribution in [3.8, 4) is 11.8 Å². The van der Waals surface area contributed by atoms with Crippen LogP contribution in [0.4, 0.5) is 18.0 Å². The van der Waals surface area contributed by atoms with Crippen LogP contribution in [0.5, 0.6) is 11.8 Å². The molecule has 4 aliphatic rings. The van der Waals surface area contributed by atoms with Crippen LogP contribution >= 0.6 is 0 Å². The number of ether oxygens (including phenoxy) is 3. The van der Waals surface area contributed by atoms with Gasteiger partial charge in [-0.1, -0.05) is 38.1 Å². The monoisotopic (exact) mass is 814 g/mol. The highest BCUT2D eigenvalue weighted by atomic mass is 32.2. The number of rotatable bonds is 8. The molecule has 7 atom stereocenters. The zero-order chi connectivity index (χ0) is 40.8. The molecule has 2 aliphatic carbocycles. The fraction of sp³-hybridized carbons (Fsp3) is 0.622. The van der Waals surface area contributed by atoms with Gasteiger partial charge < -0.3 is 29.7 Å². The summed E-state index contributed by atoms with van der Waals surface area (Å²) in [6.07, 6.45) is -1.37. The summed E-state index contributed by atoms with van der Waals surface area (Å²) in [5, 5.41) is 13.8. The Bertz CT molecular complexity index is 2030. The van der Waals surface area contributed by atoms with Gasteiger partial charge in [0.1, 0.15) is 23.7 Å². The van der Waals surface area contributed by atoms with Crippen molar-refractivity contribution in [3.63, 3.8) is 0 Å². The summed E-state index contributed by atoms with van der Waals surface area (Å²) in [6.45, 7) is 4.74. The van der Waals surface area contributed by atoms with Crippen LogP contribution < -0.4 is 24.8 Å². The van der Waals surface area contributed by atoms with E-state index in [-0.39, 0.29) is 41.3 Å². The normalized spacial score (nSPS) is 29.5. The number of hydrogen-bond donors (Lipinski definition) is 3. The van der Waals surface area contributed by atoms with E-state index in [9.17, 15) is 40.8 Å². The first-order valence-electron chi connectivity index (χ1n) is 18.6. The molecule has 2 aliphatic heterocycles. The summed E-state index contributed by atoms with van der Waals surface area (Å²) in [5.74, 6) is -3.39. The maximum atomic E-state index is 14.7. The standard InChI is InChI=1S/C37H47F3N6O9S.3H2/c1-20-10-6-7-11-22-18-36(22,33(49)45-56(51,52)24-14-15-24)42-29(47)27-17-23(54-31-26-13-9-8-12-25(26)30(53-5)43-44-31)19-46(27)32(48)28(21(2)16-20)41-34(50)55-35(3,4)37(38,39)40;;;/h7-9,11-13,20-24,27-28H,6,10,14-19H2,1-5H3,(H,41,50)(H,42,47)(H,45,49);3*1H/b11-7-;;;/t20-,21+,22+,23+,27-,28-,36+;;;/m0.../s1. The number of fused-ring (bicyclic) bond motifs is 3. The van der Waals surface area contributed by atoms with Crippen LogP contribution in [0.25, 0.3) is 10.8 Å². The summed E-state index contributed by atoms with van der Waals surface area (Å²) >= 11 is 0. The predicted octanol–water partition coefficient (Wildman–Crippen LogP) is 4.66. The number of hydrogen-bond acceptors (Lipinski definition) is 11. The second kappa shape index (κ2) is 15.3. The Balaban J connectivity index is 0.00000310. The molecule has 1 saturated heterocycles. The maximum Gasteiger partial charge on any atom is 0.427 e. The van der Waals surface area contributed by atoms with Crippen LogP contribution in [0.3, 0.4) is 0 Å². The van der Waals surface area contributed by atoms with Gasteiger partial charge in [-0.05, 0) is 76.3 Å². The molecule has 3 fully saturated rings. The molecule has 6 rings (SSSR count). The summed E-state index contributed by atoms with van der Waals surface area (Å²) in [7, 11) is -2.55. The molecule has 2 aromatic rings. The molecule has 312 valence electrons. The van der Waals surface area contributed by atoms with Crippen LogP contribution in [0.1, 0.15) is 76.9 Å². The molecule has 1 aromatic carbocycles. The number of nitrogens with one attached hydrogen (secondary N) is 3. The number of sulfonamides is 1. The molecule has 0 spiro atoms. The second-order valence-electron chi connectivity index (χ2n) is 15.8. The van der Waals surface area contributed by atoms with Gasteiger partial charge in [-0.2, -0.15) is 13.2 Å². The highest BCUT2D eigenvalue weighted by molar-refractivity contribution is 7.91. The van der Waals surface area contributed by atoms with E-state index in [1.807, 2.05) is 13.0 Å². The number of carbonyl (C=O) groups is 4. The highest BCUT2D eigenvalue weighted by Crippen LogP contribution is 2.46. The van der Waals surface area contributed by atoms with Gasteiger partial charge >= 0.3 is 12.3 Å². The fourth-order valence-electron chi connectivity index (χ4n) is 7.39. The van der Waals surface area contributed by atoms with Gasteiger partial charge in [0.05, 0.1) is 29.7 Å². The minimum absolute atomic E-state index is 0. The molecule has 0 bridgehead atoms. The molecule has 15 nitrogen and oxygen atoms in total. The molecule has 3 N–H and O–H groups in total. The predicted molar refractivity (Wildman–Crippen MR) is 201 cm³/mol. The van der Waals surface area contributed by atoms with Crippen molar-refractivity contribution < 1.29 is 59.3 Å². The quantitative estimate of drug-likeness (QED) is 0.314. The van der Waals surface area contributed by atoms with Crippen LogP contribution in [0.15, 0.2) is 36.4 Å². The Morgan fingerprint density at radius 1 is 1.04 bits per heavy atom. The van der Waals surface area contributed by atoms with Crippen LogP contribution in [-0.2, 0) is 29.1 Å². The summed E-state index contributed by atoms with van der Waals surface area (Å²) in [5.41, 5.74) is -4.52. The Morgan fingerprint density at radius 2 is 1.70 bits per heavy atom. The molecule has 4 amide bonds. The highest BCUT2D eigenvalue weighted by Gasteiger charge is 2.62. The van der Waals surface area contributed by atoms with Crippen molar-refractivity contribution in [2.75, 3.05) is 13.7 Å². The summed E-state index contributed by atoms with van der Waals surface area (Å²) in [6, 6.07) is 4.21. The zero-order valence-electron chi connectivity index (χ0n) is 31.7. The van der Waals surface area contributed by atoms with Crippen LogP contribution in [-0.4, -0.2) is 102 Å². The third-order valence-corrected chi connectivity index (χ3v) is 12.8. The number of benzene rings is 1. The van der Waals surface area contributed by atoms with Gasteiger partial charge in [0.15, 0.2) is 0 Å². The average Bonchev–Trinajstić information content (AvgIpc) is 4.05. The topological polar surface area (TPSA) is 195 Å². The number of alkyl carbamates (subject to hydrolysis) is 1. The van der Waals surface area contributed by atoms with Gasteiger partial charge in [-0.25, -0.2) is 13.2 Å². The van der Waals surface area contributed by atoms with Gasteiger partial charge in [-0.3, -0.25) is 19.1 Å². The van der Waals surface area contributed by atoms with Crippen molar-refractivity contribution in [2.45, 2.75) is 113 Å². The number of amides is 4. The molecule has 19 heteroatoms. The van der Waals surface area contributed by atoms with Crippen LogP contribution in [0, 0.1) is 17.8 Å². The Hall–Kier alpha value is -4.68. The zero-order valence-corrected chi connectivity index (χ0v) is 32.5. The van der Waals surface area contributed by atoms with Crippen molar-refractivity contribution in [1.29, 1.82) is 0 Å². The minimum Gasteiger partial charge on any atom is -0.479 e. The lowest BCUT2D eigenvalue weighted by Gasteiger charge is -2.34. The molecular formula is C37H53F3N6O9S. The number of aromatic nitrogens is 2. The maximum absolute atomic E-state index is 14.7. The first-order chi connectivity index (χ1) is 26.3. The van der Waals surface area contributed by atoms with E-state index in [1.54, 1.807) is 37.3 Å². The van der Waals surface area contributed by atoms with Crippen molar-refractivity contribution in [1.82, 2.24) is 30.5 Å². The smallest absolute Gasteiger partial charge is 0.427 e. The van der Waals surface area contributed by atoms with E-state index in [0.717, 1.165) is 0 Å². The minimum atomic E-state index is -4.91. The Morgan fingerprint density at radius 3 is 2.34 bits per heavy atom. The Kier molecular flexibility index (Phi) is 11.2. The number of halogens is 3. The van der Waals surface area contributed by atoms with E-state index in [4.69, 9.17) is 14.2 Å². The van der Waals surface area contributed by atoms with Crippen molar-refractivity contribution >= 4 is 44.6 Å². The summed E-state index contributed by atoms with van der Waals surface area (Å²) in [4.78, 5) is 57.1. The number of allylic oxidation sites excluding steroid dienone is 1.